The van der Waals surface area contributed by atoms with E-state index in [1.54, 1.807) is 0 Å². The number of hydrogen-bond acceptors (Lipinski definition) is 2. The molecule has 0 saturated heterocycles. The van der Waals surface area contributed by atoms with Gasteiger partial charge in [0.1, 0.15) is 6.10 Å². The van der Waals surface area contributed by atoms with Gasteiger partial charge in [-0.1, -0.05) is 28.1 Å². The van der Waals surface area contributed by atoms with Crippen molar-refractivity contribution in [2.24, 2.45) is 0 Å². The van der Waals surface area contributed by atoms with Gasteiger partial charge in [-0.25, -0.2) is 0 Å². The molecule has 1 aliphatic carbocycles. The van der Waals surface area contributed by atoms with Crippen molar-refractivity contribution in [3.05, 3.63) is 33.8 Å². The lowest BCUT2D eigenvalue weighted by Crippen LogP contribution is -2.35. The average Bonchev–Trinajstić information content (AvgIpc) is 2.44. The van der Waals surface area contributed by atoms with Crippen molar-refractivity contribution in [2.75, 3.05) is 0 Å². The molecule has 0 N–H and O–H groups in total. The van der Waals surface area contributed by atoms with Crippen molar-refractivity contribution in [2.45, 2.75) is 32.2 Å². The standard InChI is InChI=1S/C12H15BrO2Si/c1-16(2,3)15-11-7-9-8(12(11)14)5-4-6-10(9)13/h4-6,11H,7H2,1-3H3. The average molecular weight is 299 g/mol. The lowest BCUT2D eigenvalue weighted by atomic mass is 10.1. The number of Topliss-reactive ketones (excluding diaryl/α,β-unsaturated/α-hetero) is 1. The summed E-state index contributed by atoms with van der Waals surface area (Å²) >= 11 is 3.49. The first kappa shape index (κ1) is 12.0. The smallest absolute Gasteiger partial charge is 0.190 e. The van der Waals surface area contributed by atoms with Crippen LogP contribution >= 0.6 is 15.9 Å². The molecule has 1 unspecified atom stereocenters. The lowest BCUT2D eigenvalue weighted by molar-refractivity contribution is 0.0809. The Morgan fingerprint density at radius 1 is 1.38 bits per heavy atom. The van der Waals surface area contributed by atoms with Gasteiger partial charge in [0, 0.05) is 16.5 Å². The molecule has 86 valence electrons. The molecule has 1 atom stereocenters. The van der Waals surface area contributed by atoms with Crippen LogP contribution in [0.15, 0.2) is 22.7 Å². The number of carbonyl (C=O) groups excluding carboxylic acids is 1. The van der Waals surface area contributed by atoms with E-state index in [-0.39, 0.29) is 11.9 Å². The summed E-state index contributed by atoms with van der Waals surface area (Å²) in [7, 11) is -1.66. The van der Waals surface area contributed by atoms with Crippen LogP contribution in [0.3, 0.4) is 0 Å². The Morgan fingerprint density at radius 2 is 2.06 bits per heavy atom. The summed E-state index contributed by atoms with van der Waals surface area (Å²) < 4.78 is 6.93. The molecule has 0 spiro atoms. The summed E-state index contributed by atoms with van der Waals surface area (Å²) in [5.74, 6) is 0.138. The van der Waals surface area contributed by atoms with Crippen LogP contribution in [0.25, 0.3) is 0 Å². The van der Waals surface area contributed by atoms with E-state index < -0.39 is 8.32 Å². The Bertz CT molecular complexity index is 437. The number of ketones is 1. The van der Waals surface area contributed by atoms with Crippen molar-refractivity contribution in [1.29, 1.82) is 0 Å². The van der Waals surface area contributed by atoms with E-state index in [0.717, 1.165) is 15.6 Å². The van der Waals surface area contributed by atoms with Gasteiger partial charge in [-0.15, -0.1) is 0 Å². The largest absolute Gasteiger partial charge is 0.407 e. The van der Waals surface area contributed by atoms with Crippen LogP contribution in [0.2, 0.25) is 19.6 Å². The molecule has 2 rings (SSSR count). The molecule has 1 aliphatic rings. The molecular weight excluding hydrogens is 284 g/mol. The summed E-state index contributed by atoms with van der Waals surface area (Å²) in [6, 6.07) is 5.76. The maximum atomic E-state index is 12.1. The van der Waals surface area contributed by atoms with Crippen molar-refractivity contribution in [1.82, 2.24) is 0 Å². The van der Waals surface area contributed by atoms with E-state index in [0.29, 0.717) is 6.42 Å². The molecule has 0 heterocycles. The van der Waals surface area contributed by atoms with Gasteiger partial charge in [0.25, 0.3) is 0 Å². The second kappa shape index (κ2) is 4.09. The van der Waals surface area contributed by atoms with Crippen LogP contribution < -0.4 is 0 Å². The number of benzene rings is 1. The van der Waals surface area contributed by atoms with E-state index in [1.165, 1.54) is 0 Å². The molecule has 0 bridgehead atoms. The molecule has 0 fully saturated rings. The van der Waals surface area contributed by atoms with Crippen LogP contribution in [-0.2, 0) is 10.8 Å². The first-order valence-corrected chi connectivity index (χ1v) is 9.58. The lowest BCUT2D eigenvalue weighted by Gasteiger charge is -2.21. The van der Waals surface area contributed by atoms with Gasteiger partial charge in [0.2, 0.25) is 0 Å². The molecule has 4 heteroatoms. The van der Waals surface area contributed by atoms with Crippen molar-refractivity contribution in [3.8, 4) is 0 Å². The van der Waals surface area contributed by atoms with Gasteiger partial charge in [-0.2, -0.15) is 0 Å². The Morgan fingerprint density at radius 3 is 2.62 bits per heavy atom. The molecule has 0 aliphatic heterocycles. The third-order valence-corrected chi connectivity index (χ3v) is 4.30. The summed E-state index contributed by atoms with van der Waals surface area (Å²) in [5, 5.41) is 0. The van der Waals surface area contributed by atoms with Gasteiger partial charge >= 0.3 is 0 Å². The van der Waals surface area contributed by atoms with Gasteiger partial charge in [-0.05, 0) is 31.3 Å². The number of rotatable bonds is 2. The maximum absolute atomic E-state index is 12.1. The highest BCUT2D eigenvalue weighted by Gasteiger charge is 2.35. The van der Waals surface area contributed by atoms with Crippen LogP contribution in [0.4, 0.5) is 0 Å². The summed E-state index contributed by atoms with van der Waals surface area (Å²) in [6.45, 7) is 6.33. The summed E-state index contributed by atoms with van der Waals surface area (Å²) in [4.78, 5) is 12.1. The molecule has 0 radical (unpaired) electrons. The SMILES string of the molecule is C[Si](C)(C)OC1Cc2c(Br)cccc2C1=O. The van der Waals surface area contributed by atoms with Gasteiger partial charge in [0.05, 0.1) is 0 Å². The molecule has 1 aromatic rings. The van der Waals surface area contributed by atoms with Crippen molar-refractivity contribution >= 4 is 30.0 Å². The van der Waals surface area contributed by atoms with Crippen LogP contribution in [0.1, 0.15) is 15.9 Å². The van der Waals surface area contributed by atoms with Crippen LogP contribution in [0, 0.1) is 0 Å². The highest BCUT2D eigenvalue weighted by Crippen LogP contribution is 2.31. The second-order valence-corrected chi connectivity index (χ2v) is 10.4. The molecule has 2 nitrogen and oxygen atoms in total. The molecular formula is C12H15BrO2Si. The monoisotopic (exact) mass is 298 g/mol. The number of halogens is 1. The van der Waals surface area contributed by atoms with Crippen LogP contribution in [-0.4, -0.2) is 20.2 Å². The van der Waals surface area contributed by atoms with Crippen molar-refractivity contribution < 1.29 is 9.22 Å². The highest BCUT2D eigenvalue weighted by atomic mass is 79.9. The molecule has 0 aromatic heterocycles. The molecule has 0 saturated carbocycles. The molecule has 16 heavy (non-hydrogen) atoms. The highest BCUT2D eigenvalue weighted by molar-refractivity contribution is 9.10. The van der Waals surface area contributed by atoms with Gasteiger partial charge < -0.3 is 4.43 Å². The topological polar surface area (TPSA) is 26.3 Å². The Kier molecular flexibility index (Phi) is 3.07. The predicted molar refractivity (Wildman–Crippen MR) is 70.4 cm³/mol. The minimum Gasteiger partial charge on any atom is -0.407 e. The fourth-order valence-corrected chi connectivity index (χ4v) is 3.54. The Hall–Kier alpha value is -0.453. The first-order valence-electron chi connectivity index (χ1n) is 5.38. The Balaban J connectivity index is 2.28. The van der Waals surface area contributed by atoms with E-state index in [4.69, 9.17) is 4.43 Å². The molecule has 0 amide bonds. The van der Waals surface area contributed by atoms with Gasteiger partial charge in [-0.3, -0.25) is 4.79 Å². The zero-order valence-electron chi connectivity index (χ0n) is 9.71. The second-order valence-electron chi connectivity index (χ2n) is 5.05. The van der Waals surface area contributed by atoms with E-state index in [2.05, 4.69) is 35.6 Å². The minimum absolute atomic E-state index is 0.138. The maximum Gasteiger partial charge on any atom is 0.190 e. The Labute approximate surface area is 105 Å². The zero-order valence-corrected chi connectivity index (χ0v) is 12.3. The normalized spacial score (nSPS) is 20.0. The molecule has 1 aromatic carbocycles. The summed E-state index contributed by atoms with van der Waals surface area (Å²) in [6.07, 6.45) is 0.445. The summed E-state index contributed by atoms with van der Waals surface area (Å²) in [5.41, 5.74) is 1.91. The van der Waals surface area contributed by atoms with Crippen molar-refractivity contribution in [3.63, 3.8) is 0 Å². The van der Waals surface area contributed by atoms with Gasteiger partial charge in [0.15, 0.2) is 14.1 Å². The number of fused-ring (bicyclic) bond motifs is 1. The fraction of sp³-hybridized carbons (Fsp3) is 0.417. The predicted octanol–water partition coefficient (Wildman–Crippen LogP) is 3.41. The zero-order chi connectivity index (χ0) is 11.9. The number of carbonyl (C=O) groups is 1. The van der Waals surface area contributed by atoms with Crippen LogP contribution in [0.5, 0.6) is 0 Å². The number of hydrogen-bond donors (Lipinski definition) is 0. The first-order chi connectivity index (χ1) is 7.38. The third kappa shape index (κ3) is 2.29. The van der Waals surface area contributed by atoms with E-state index >= 15 is 0 Å². The van der Waals surface area contributed by atoms with E-state index in [1.807, 2.05) is 18.2 Å². The quantitative estimate of drug-likeness (QED) is 0.782. The third-order valence-electron chi connectivity index (χ3n) is 2.56. The minimum atomic E-state index is -1.66. The fourth-order valence-electron chi connectivity index (χ4n) is 1.97. The van der Waals surface area contributed by atoms with E-state index in [9.17, 15) is 4.79 Å².